The van der Waals surface area contributed by atoms with Gasteiger partial charge in [-0.3, -0.25) is 4.79 Å². The standard InChI is InChI=1S/C16H12BrFN2O/c17-13(10-12-6-2-1-3-7-12)11-19-20-16(21)14-8-4-5-9-15(14)18/h1-11H,(H,20,21)/b13-10-,19-11-. The van der Waals surface area contributed by atoms with Gasteiger partial charge in [-0.15, -0.1) is 0 Å². The minimum Gasteiger partial charge on any atom is -0.267 e. The first-order chi connectivity index (χ1) is 10.2. The van der Waals surface area contributed by atoms with Crippen LogP contribution in [0, 0.1) is 5.82 Å². The highest BCUT2D eigenvalue weighted by molar-refractivity contribution is 9.12. The second kappa shape index (κ2) is 7.50. The summed E-state index contributed by atoms with van der Waals surface area (Å²) >= 11 is 3.32. The number of rotatable bonds is 4. The molecule has 0 atom stereocenters. The number of allylic oxidation sites excluding steroid dienone is 1. The van der Waals surface area contributed by atoms with Crippen molar-refractivity contribution in [1.82, 2.24) is 5.43 Å². The van der Waals surface area contributed by atoms with Crippen molar-refractivity contribution in [3.63, 3.8) is 0 Å². The minimum atomic E-state index is -0.593. The molecule has 2 aromatic carbocycles. The Kier molecular flexibility index (Phi) is 5.40. The molecule has 0 spiro atoms. The predicted octanol–water partition coefficient (Wildman–Crippen LogP) is 3.98. The van der Waals surface area contributed by atoms with Gasteiger partial charge in [0, 0.05) is 4.48 Å². The van der Waals surface area contributed by atoms with Crippen molar-refractivity contribution in [3.05, 3.63) is 76.0 Å². The SMILES string of the molecule is O=C(N/N=C\C(Br)=C\c1ccccc1)c1ccccc1F. The molecule has 0 aliphatic carbocycles. The largest absolute Gasteiger partial charge is 0.274 e. The zero-order valence-electron chi connectivity index (χ0n) is 11.0. The van der Waals surface area contributed by atoms with Crippen molar-refractivity contribution in [3.8, 4) is 0 Å². The Bertz CT molecular complexity index is 684. The highest BCUT2D eigenvalue weighted by Crippen LogP contribution is 2.10. The molecule has 0 heterocycles. The Balaban J connectivity index is 1.98. The maximum Gasteiger partial charge on any atom is 0.274 e. The van der Waals surface area contributed by atoms with Crippen LogP contribution in [-0.2, 0) is 0 Å². The summed E-state index contributed by atoms with van der Waals surface area (Å²) in [5, 5.41) is 3.78. The van der Waals surface area contributed by atoms with Gasteiger partial charge in [0.15, 0.2) is 0 Å². The second-order valence-corrected chi connectivity index (χ2v) is 5.03. The van der Waals surface area contributed by atoms with E-state index in [-0.39, 0.29) is 5.56 Å². The van der Waals surface area contributed by atoms with E-state index in [0.717, 1.165) is 5.56 Å². The Morgan fingerprint density at radius 1 is 1.10 bits per heavy atom. The van der Waals surface area contributed by atoms with Gasteiger partial charge in [0.25, 0.3) is 5.91 Å². The Hall–Kier alpha value is -2.27. The Morgan fingerprint density at radius 3 is 2.48 bits per heavy atom. The van der Waals surface area contributed by atoms with Gasteiger partial charge in [0.2, 0.25) is 0 Å². The molecule has 3 nitrogen and oxygen atoms in total. The van der Waals surface area contributed by atoms with Crippen molar-refractivity contribution in [2.24, 2.45) is 5.10 Å². The molecule has 0 aromatic heterocycles. The highest BCUT2D eigenvalue weighted by Gasteiger charge is 2.08. The van der Waals surface area contributed by atoms with E-state index < -0.39 is 11.7 Å². The smallest absolute Gasteiger partial charge is 0.267 e. The van der Waals surface area contributed by atoms with E-state index in [1.165, 1.54) is 24.4 Å². The van der Waals surface area contributed by atoms with Gasteiger partial charge in [-0.05, 0) is 39.7 Å². The second-order valence-electron chi connectivity index (χ2n) is 4.12. The molecule has 1 amide bonds. The number of hydrogen-bond acceptors (Lipinski definition) is 2. The van der Waals surface area contributed by atoms with Crippen molar-refractivity contribution >= 4 is 34.1 Å². The first-order valence-electron chi connectivity index (χ1n) is 6.17. The van der Waals surface area contributed by atoms with Crippen LogP contribution < -0.4 is 5.43 Å². The molecule has 5 heteroatoms. The molecule has 0 aliphatic rings. The summed E-state index contributed by atoms with van der Waals surface area (Å²) in [7, 11) is 0. The fourth-order valence-electron chi connectivity index (χ4n) is 1.60. The van der Waals surface area contributed by atoms with Crippen LogP contribution in [0.25, 0.3) is 6.08 Å². The van der Waals surface area contributed by atoms with E-state index in [9.17, 15) is 9.18 Å². The summed E-state index contributed by atoms with van der Waals surface area (Å²) in [6, 6.07) is 15.4. The minimum absolute atomic E-state index is 0.0437. The van der Waals surface area contributed by atoms with Gasteiger partial charge in [-0.1, -0.05) is 42.5 Å². The van der Waals surface area contributed by atoms with E-state index in [4.69, 9.17) is 0 Å². The Labute approximate surface area is 130 Å². The number of hydrazone groups is 1. The zero-order valence-corrected chi connectivity index (χ0v) is 12.5. The van der Waals surface area contributed by atoms with Gasteiger partial charge < -0.3 is 0 Å². The summed E-state index contributed by atoms with van der Waals surface area (Å²) in [6.07, 6.45) is 3.28. The number of benzene rings is 2. The van der Waals surface area contributed by atoms with Crippen LogP contribution in [0.1, 0.15) is 15.9 Å². The van der Waals surface area contributed by atoms with Crippen LogP contribution >= 0.6 is 15.9 Å². The lowest BCUT2D eigenvalue weighted by Crippen LogP contribution is -2.18. The predicted molar refractivity (Wildman–Crippen MR) is 85.7 cm³/mol. The van der Waals surface area contributed by atoms with Crippen molar-refractivity contribution in [1.29, 1.82) is 0 Å². The first kappa shape index (κ1) is 15.1. The third-order valence-electron chi connectivity index (χ3n) is 2.58. The molecular formula is C16H12BrFN2O. The molecule has 0 unspecified atom stereocenters. The normalized spacial score (nSPS) is 11.6. The van der Waals surface area contributed by atoms with Crippen LogP contribution in [0.15, 0.2) is 64.2 Å². The summed E-state index contributed by atoms with van der Waals surface area (Å²) in [4.78, 5) is 11.7. The van der Waals surface area contributed by atoms with Crippen LogP contribution in [0.5, 0.6) is 0 Å². The average Bonchev–Trinajstić information content (AvgIpc) is 2.48. The van der Waals surface area contributed by atoms with Gasteiger partial charge >= 0.3 is 0 Å². The molecule has 106 valence electrons. The quantitative estimate of drug-likeness (QED) is 0.660. The van der Waals surface area contributed by atoms with Gasteiger partial charge in [0.1, 0.15) is 5.82 Å². The molecule has 0 fully saturated rings. The van der Waals surface area contributed by atoms with Crippen molar-refractivity contribution < 1.29 is 9.18 Å². The van der Waals surface area contributed by atoms with Crippen LogP contribution in [0.3, 0.4) is 0 Å². The average molecular weight is 347 g/mol. The van der Waals surface area contributed by atoms with E-state index in [1.807, 2.05) is 36.4 Å². The van der Waals surface area contributed by atoms with Crippen molar-refractivity contribution in [2.45, 2.75) is 0 Å². The number of amides is 1. The van der Waals surface area contributed by atoms with Gasteiger partial charge in [-0.2, -0.15) is 5.10 Å². The maximum absolute atomic E-state index is 13.4. The molecule has 0 saturated carbocycles. The van der Waals surface area contributed by atoms with E-state index >= 15 is 0 Å². The molecule has 2 aromatic rings. The topological polar surface area (TPSA) is 41.5 Å². The maximum atomic E-state index is 13.4. The monoisotopic (exact) mass is 346 g/mol. The van der Waals surface area contributed by atoms with Crippen LogP contribution in [-0.4, -0.2) is 12.1 Å². The third kappa shape index (κ3) is 4.65. The molecule has 2 rings (SSSR count). The molecule has 1 N–H and O–H groups in total. The van der Waals surface area contributed by atoms with E-state index in [1.54, 1.807) is 6.07 Å². The lowest BCUT2D eigenvalue weighted by Gasteiger charge is -2.00. The van der Waals surface area contributed by atoms with E-state index in [0.29, 0.717) is 4.48 Å². The lowest BCUT2D eigenvalue weighted by atomic mass is 10.2. The van der Waals surface area contributed by atoms with Crippen LogP contribution in [0.4, 0.5) is 4.39 Å². The summed E-state index contributed by atoms with van der Waals surface area (Å²) in [5.74, 6) is -1.17. The van der Waals surface area contributed by atoms with E-state index in [2.05, 4.69) is 26.5 Å². The summed E-state index contributed by atoms with van der Waals surface area (Å²) in [6.45, 7) is 0. The van der Waals surface area contributed by atoms with Gasteiger partial charge in [-0.25, -0.2) is 9.82 Å². The number of hydrogen-bond donors (Lipinski definition) is 1. The number of carbonyl (C=O) groups is 1. The van der Waals surface area contributed by atoms with Crippen molar-refractivity contribution in [2.75, 3.05) is 0 Å². The number of halogens is 2. The number of nitrogens with zero attached hydrogens (tertiary/aromatic N) is 1. The molecule has 0 radical (unpaired) electrons. The first-order valence-corrected chi connectivity index (χ1v) is 6.96. The fourth-order valence-corrected chi connectivity index (χ4v) is 1.97. The lowest BCUT2D eigenvalue weighted by molar-refractivity contribution is 0.0951. The summed E-state index contributed by atoms with van der Waals surface area (Å²) < 4.78 is 14.1. The fraction of sp³-hybridized carbons (Fsp3) is 0. The van der Waals surface area contributed by atoms with Crippen LogP contribution in [0.2, 0.25) is 0 Å². The molecular weight excluding hydrogens is 335 g/mol. The molecule has 0 aliphatic heterocycles. The zero-order chi connectivity index (χ0) is 15.1. The van der Waals surface area contributed by atoms with Gasteiger partial charge in [0.05, 0.1) is 11.8 Å². The highest BCUT2D eigenvalue weighted by atomic mass is 79.9. The molecule has 0 saturated heterocycles. The molecule has 21 heavy (non-hydrogen) atoms. The summed E-state index contributed by atoms with van der Waals surface area (Å²) in [5.41, 5.74) is 3.23. The number of nitrogens with one attached hydrogen (secondary N) is 1. The Morgan fingerprint density at radius 2 is 1.76 bits per heavy atom. The third-order valence-corrected chi connectivity index (χ3v) is 3.01. The number of carbonyl (C=O) groups excluding carboxylic acids is 1. The molecule has 0 bridgehead atoms.